The molecule has 1 N–H and O–H groups in total. The van der Waals surface area contributed by atoms with Gasteiger partial charge in [-0.25, -0.2) is 0 Å². The smallest absolute Gasteiger partial charge is 0.320 e. The average molecular weight is 171 g/mol. The summed E-state index contributed by atoms with van der Waals surface area (Å²) in [4.78, 5) is 25.1. The lowest BCUT2D eigenvalue weighted by Gasteiger charge is -2.19. The first kappa shape index (κ1) is 9.03. The molecule has 0 aromatic carbocycles. The maximum atomic E-state index is 11.2. The first-order chi connectivity index (χ1) is 5.84. The van der Waals surface area contributed by atoms with Crippen LogP contribution in [0.15, 0.2) is 0 Å². The Morgan fingerprint density at radius 3 is 2.58 bits per heavy atom. The highest BCUT2D eigenvalue weighted by molar-refractivity contribution is 5.78. The molecule has 0 heterocycles. The van der Waals surface area contributed by atoms with Crippen molar-refractivity contribution in [3.63, 3.8) is 0 Å². The van der Waals surface area contributed by atoms with Crippen LogP contribution in [0.25, 0.3) is 0 Å². The van der Waals surface area contributed by atoms with Gasteiger partial charge in [0.25, 0.3) is 5.91 Å². The van der Waals surface area contributed by atoms with E-state index in [0.29, 0.717) is 0 Å². The summed E-state index contributed by atoms with van der Waals surface area (Å²) >= 11 is 0. The number of rotatable bonds is 3. The number of carbonyl (C=O) groups is 2. The molecule has 0 unspecified atom stereocenters. The fraction of sp³-hybridized carbons (Fsp3) is 0.750. The first-order valence-corrected chi connectivity index (χ1v) is 4.23. The van der Waals surface area contributed by atoms with Crippen LogP contribution < -0.4 is 5.48 Å². The Morgan fingerprint density at radius 2 is 2.00 bits per heavy atom. The number of hydrogen-bond acceptors (Lipinski definition) is 3. The minimum Gasteiger partial charge on any atom is -0.344 e. The van der Waals surface area contributed by atoms with Crippen LogP contribution in [-0.4, -0.2) is 12.4 Å². The zero-order chi connectivity index (χ0) is 8.81. The average Bonchev–Trinajstić information content (AvgIpc) is 2.15. The van der Waals surface area contributed by atoms with E-state index in [9.17, 15) is 9.59 Å². The standard InChI is InChI=1S/C8H13NO3/c10-6-12-9-8(11)7-4-2-1-3-5-7/h6-7H,1-5H2,(H,9,11). The van der Waals surface area contributed by atoms with Crippen molar-refractivity contribution in [1.29, 1.82) is 0 Å². The van der Waals surface area contributed by atoms with E-state index in [2.05, 4.69) is 10.3 Å². The quantitative estimate of drug-likeness (QED) is 0.504. The van der Waals surface area contributed by atoms with Gasteiger partial charge in [-0.3, -0.25) is 9.59 Å². The van der Waals surface area contributed by atoms with E-state index >= 15 is 0 Å². The lowest BCUT2D eigenvalue weighted by Crippen LogP contribution is -2.31. The fourth-order valence-corrected chi connectivity index (χ4v) is 1.53. The summed E-state index contributed by atoms with van der Waals surface area (Å²) in [6, 6.07) is 0. The molecule has 4 heteroatoms. The molecule has 0 aliphatic heterocycles. The Kier molecular flexibility index (Phi) is 3.57. The molecule has 12 heavy (non-hydrogen) atoms. The number of amides is 1. The van der Waals surface area contributed by atoms with E-state index < -0.39 is 0 Å². The van der Waals surface area contributed by atoms with Crippen LogP contribution in [0.4, 0.5) is 0 Å². The summed E-state index contributed by atoms with van der Waals surface area (Å²) < 4.78 is 0. The molecule has 1 aliphatic carbocycles. The van der Waals surface area contributed by atoms with Gasteiger partial charge in [0.15, 0.2) is 0 Å². The van der Waals surface area contributed by atoms with Crippen LogP contribution in [-0.2, 0) is 14.4 Å². The van der Waals surface area contributed by atoms with Gasteiger partial charge in [-0.2, -0.15) is 5.48 Å². The Morgan fingerprint density at radius 1 is 1.33 bits per heavy atom. The topological polar surface area (TPSA) is 55.4 Å². The second kappa shape index (κ2) is 4.74. The van der Waals surface area contributed by atoms with Gasteiger partial charge in [-0.15, -0.1) is 0 Å². The minimum atomic E-state index is -0.165. The fourth-order valence-electron chi connectivity index (χ4n) is 1.53. The van der Waals surface area contributed by atoms with Crippen LogP contribution >= 0.6 is 0 Å². The van der Waals surface area contributed by atoms with Crippen LogP contribution in [0.1, 0.15) is 32.1 Å². The van der Waals surface area contributed by atoms with Crippen molar-refractivity contribution in [2.24, 2.45) is 5.92 Å². The highest BCUT2D eigenvalue weighted by Crippen LogP contribution is 2.23. The lowest BCUT2D eigenvalue weighted by atomic mass is 9.89. The van der Waals surface area contributed by atoms with Crippen LogP contribution in [0.5, 0.6) is 0 Å². The summed E-state index contributed by atoms with van der Waals surface area (Å²) in [5, 5.41) is 0. The van der Waals surface area contributed by atoms with Gasteiger partial charge >= 0.3 is 6.47 Å². The van der Waals surface area contributed by atoms with Crippen molar-refractivity contribution in [2.45, 2.75) is 32.1 Å². The van der Waals surface area contributed by atoms with Crippen molar-refractivity contribution in [2.75, 3.05) is 0 Å². The first-order valence-electron chi connectivity index (χ1n) is 4.23. The third kappa shape index (κ3) is 2.53. The highest BCUT2D eigenvalue weighted by Gasteiger charge is 2.20. The van der Waals surface area contributed by atoms with Crippen molar-refractivity contribution < 1.29 is 14.4 Å². The molecule has 4 nitrogen and oxygen atoms in total. The summed E-state index contributed by atoms with van der Waals surface area (Å²) in [5.74, 6) is -0.125. The minimum absolute atomic E-state index is 0.0405. The summed E-state index contributed by atoms with van der Waals surface area (Å²) in [5.41, 5.74) is 2.10. The zero-order valence-electron chi connectivity index (χ0n) is 6.91. The molecule has 1 amide bonds. The van der Waals surface area contributed by atoms with Crippen LogP contribution in [0.3, 0.4) is 0 Å². The molecule has 0 bridgehead atoms. The summed E-state index contributed by atoms with van der Waals surface area (Å²) in [6.45, 7) is 0.223. The molecule has 0 atom stereocenters. The second-order valence-corrected chi connectivity index (χ2v) is 3.02. The summed E-state index contributed by atoms with van der Waals surface area (Å²) in [7, 11) is 0. The third-order valence-electron chi connectivity index (χ3n) is 2.18. The van der Waals surface area contributed by atoms with Crippen molar-refractivity contribution in [3.8, 4) is 0 Å². The van der Waals surface area contributed by atoms with E-state index in [0.717, 1.165) is 25.7 Å². The van der Waals surface area contributed by atoms with Crippen LogP contribution in [0.2, 0.25) is 0 Å². The molecule has 0 saturated heterocycles. The lowest BCUT2D eigenvalue weighted by molar-refractivity contribution is -0.149. The molecular weight excluding hydrogens is 158 g/mol. The molecular formula is C8H13NO3. The molecule has 0 radical (unpaired) electrons. The van der Waals surface area contributed by atoms with Crippen molar-refractivity contribution >= 4 is 12.4 Å². The number of hydrogen-bond donors (Lipinski definition) is 1. The monoisotopic (exact) mass is 171 g/mol. The number of carbonyl (C=O) groups excluding carboxylic acids is 2. The van der Waals surface area contributed by atoms with Gasteiger partial charge in [0.1, 0.15) is 0 Å². The van der Waals surface area contributed by atoms with Crippen molar-refractivity contribution in [1.82, 2.24) is 5.48 Å². The predicted octanol–water partition coefficient (Wildman–Crippen LogP) is 0.771. The Hall–Kier alpha value is -1.06. The van der Waals surface area contributed by atoms with Gasteiger partial charge < -0.3 is 4.84 Å². The Bertz CT molecular complexity index is 164. The molecule has 1 aliphatic rings. The highest BCUT2D eigenvalue weighted by atomic mass is 16.7. The van der Waals surface area contributed by atoms with E-state index in [1.165, 1.54) is 6.42 Å². The van der Waals surface area contributed by atoms with E-state index in [-0.39, 0.29) is 18.3 Å². The predicted molar refractivity (Wildman–Crippen MR) is 41.9 cm³/mol. The largest absolute Gasteiger partial charge is 0.344 e. The zero-order valence-corrected chi connectivity index (χ0v) is 6.91. The number of hydroxylamine groups is 1. The van der Waals surface area contributed by atoms with Crippen LogP contribution in [0, 0.1) is 5.92 Å². The van der Waals surface area contributed by atoms with Gasteiger partial charge in [0.05, 0.1) is 0 Å². The van der Waals surface area contributed by atoms with Crippen molar-refractivity contribution in [3.05, 3.63) is 0 Å². The molecule has 1 fully saturated rings. The maximum Gasteiger partial charge on any atom is 0.320 e. The maximum absolute atomic E-state index is 11.2. The van der Waals surface area contributed by atoms with Gasteiger partial charge in [-0.05, 0) is 12.8 Å². The number of nitrogens with one attached hydrogen (secondary N) is 1. The van der Waals surface area contributed by atoms with E-state index in [1.807, 2.05) is 0 Å². The normalized spacial score (nSPS) is 18.3. The Labute approximate surface area is 71.2 Å². The third-order valence-corrected chi connectivity index (χ3v) is 2.18. The van der Waals surface area contributed by atoms with Gasteiger partial charge in [-0.1, -0.05) is 19.3 Å². The molecule has 68 valence electrons. The molecule has 0 spiro atoms. The Balaban J connectivity index is 2.24. The SMILES string of the molecule is O=CONC(=O)C1CCCCC1. The van der Waals surface area contributed by atoms with Gasteiger partial charge in [0, 0.05) is 5.92 Å². The van der Waals surface area contributed by atoms with E-state index in [4.69, 9.17) is 0 Å². The van der Waals surface area contributed by atoms with Gasteiger partial charge in [0.2, 0.25) is 0 Å². The summed E-state index contributed by atoms with van der Waals surface area (Å²) in [6.07, 6.45) is 5.22. The molecule has 0 aromatic heterocycles. The molecule has 1 rings (SSSR count). The second-order valence-electron chi connectivity index (χ2n) is 3.02. The molecule has 1 saturated carbocycles. The molecule has 0 aromatic rings. The van der Waals surface area contributed by atoms with E-state index in [1.54, 1.807) is 0 Å².